The number of rotatable bonds is 20. The molecule has 0 bridgehead atoms. The van der Waals surface area contributed by atoms with E-state index in [1.807, 2.05) is 154 Å². The molecule has 1 saturated heterocycles. The Kier molecular flexibility index (Phi) is 25.3. The molecule has 0 N–H and O–H groups in total. The summed E-state index contributed by atoms with van der Waals surface area (Å²) >= 11 is 0. The number of sulfone groups is 4. The summed E-state index contributed by atoms with van der Waals surface area (Å²) in [5.41, 5.74) is 25.1. The Labute approximate surface area is 751 Å². The van der Waals surface area contributed by atoms with E-state index in [4.69, 9.17) is 40.1 Å². The summed E-state index contributed by atoms with van der Waals surface area (Å²) in [5, 5.41) is 19.7. The molecular weight excluding hydrogens is 1700 g/mol. The zero-order valence-corrected chi connectivity index (χ0v) is 75.9. The van der Waals surface area contributed by atoms with Crippen molar-refractivity contribution in [2.75, 3.05) is 38.2 Å². The smallest absolute Gasteiger partial charge is 0.175 e. The van der Waals surface area contributed by atoms with E-state index in [2.05, 4.69) is 63.8 Å². The van der Waals surface area contributed by atoms with Crippen molar-refractivity contribution in [2.24, 2.45) is 0 Å². The average Bonchev–Trinajstić information content (AvgIpc) is 1.25. The second-order valence-electron chi connectivity index (χ2n) is 33.3. The van der Waals surface area contributed by atoms with Gasteiger partial charge in [0.25, 0.3) is 0 Å². The summed E-state index contributed by atoms with van der Waals surface area (Å²) in [6.07, 6.45) is 31.9. The van der Waals surface area contributed by atoms with Gasteiger partial charge in [0.1, 0.15) is 22.8 Å². The van der Waals surface area contributed by atoms with Gasteiger partial charge < -0.3 is 4.74 Å². The number of benzene rings is 4. The maximum absolute atomic E-state index is 11.8. The van der Waals surface area contributed by atoms with Gasteiger partial charge in [-0.3, -0.25) is 58.6 Å². The first-order valence-corrected chi connectivity index (χ1v) is 50.4. The molecule has 3 saturated carbocycles. The molecule has 29 heteroatoms. The first kappa shape index (κ1) is 87.7. The van der Waals surface area contributed by atoms with Crippen LogP contribution in [-0.2, 0) is 44.1 Å². The second kappa shape index (κ2) is 37.2. The fraction of sp³-hybridized carbons (Fsp3) is 0.240. The van der Waals surface area contributed by atoms with Crippen molar-refractivity contribution in [1.82, 2.24) is 79.0 Å². The maximum Gasteiger partial charge on any atom is 0.175 e. The zero-order chi connectivity index (χ0) is 89.9. The Morgan fingerprint density at radius 3 is 0.736 bits per heavy atom. The van der Waals surface area contributed by atoms with Crippen LogP contribution in [0.25, 0.3) is 135 Å². The minimum Gasteiger partial charge on any atom is -0.379 e. The van der Waals surface area contributed by atoms with E-state index in [-0.39, 0.29) is 10.9 Å². The van der Waals surface area contributed by atoms with Crippen LogP contribution in [0.3, 0.4) is 0 Å². The molecule has 0 amide bonds. The minimum absolute atomic E-state index is 0.201. The highest BCUT2D eigenvalue weighted by molar-refractivity contribution is 7.91. The molecule has 0 unspecified atom stereocenters. The molecule has 20 rings (SSSR count). The zero-order valence-electron chi connectivity index (χ0n) is 72.7. The normalized spacial score (nSPS) is 14.8. The Hall–Kier alpha value is -13.3. The van der Waals surface area contributed by atoms with Gasteiger partial charge in [-0.15, -0.1) is 0 Å². The van der Waals surface area contributed by atoms with Crippen LogP contribution in [0.15, 0.2) is 288 Å². The molecule has 1 atom stereocenters. The first-order chi connectivity index (χ1) is 62.0. The van der Waals surface area contributed by atoms with Crippen LogP contribution in [0.1, 0.15) is 111 Å². The Balaban J connectivity index is 0.000000121. The lowest BCUT2D eigenvalue weighted by atomic mass is 9.93. The fourth-order valence-electron chi connectivity index (χ4n) is 16.0. The molecule has 4 fully saturated rings. The van der Waals surface area contributed by atoms with Crippen molar-refractivity contribution in [1.29, 1.82) is 0 Å². The number of aromatic nitrogens is 16. The number of hydrogen-bond acceptors (Lipinski definition) is 21. The number of aryl methyl sites for hydroxylation is 4. The molecule has 1 aliphatic heterocycles. The summed E-state index contributed by atoms with van der Waals surface area (Å²) in [6.45, 7) is 9.30. The molecule has 3 aliphatic carbocycles. The van der Waals surface area contributed by atoms with Crippen LogP contribution in [0.4, 0.5) is 0 Å². The van der Waals surface area contributed by atoms with Crippen molar-refractivity contribution < 1.29 is 38.4 Å². The van der Waals surface area contributed by atoms with Crippen LogP contribution >= 0.6 is 0 Å². The molecule has 25 nitrogen and oxygen atoms in total. The number of ether oxygens (including phenoxy) is 1. The largest absolute Gasteiger partial charge is 0.379 e. The van der Waals surface area contributed by atoms with Gasteiger partial charge in [0.2, 0.25) is 0 Å². The van der Waals surface area contributed by atoms with Crippen LogP contribution in [0.2, 0.25) is 0 Å². The van der Waals surface area contributed by atoms with E-state index in [1.165, 1.54) is 44.3 Å². The van der Waals surface area contributed by atoms with E-state index < -0.39 is 39.3 Å². The summed E-state index contributed by atoms with van der Waals surface area (Å²) in [5.74, 6) is 0. The molecule has 654 valence electrons. The van der Waals surface area contributed by atoms with Crippen LogP contribution in [0.5, 0.6) is 0 Å². The van der Waals surface area contributed by atoms with Gasteiger partial charge in [-0.2, -0.15) is 20.4 Å². The summed E-state index contributed by atoms with van der Waals surface area (Å²) < 4.78 is 108. The molecule has 129 heavy (non-hydrogen) atoms. The molecule has 0 radical (unpaired) electrons. The van der Waals surface area contributed by atoms with E-state index in [1.54, 1.807) is 122 Å². The lowest BCUT2D eigenvalue weighted by molar-refractivity contribution is 0.184. The summed E-state index contributed by atoms with van der Waals surface area (Å²) in [4.78, 5) is 38.1. The lowest BCUT2D eigenvalue weighted by Crippen LogP contribution is -2.17. The van der Waals surface area contributed by atoms with Gasteiger partial charge in [0.15, 0.2) is 39.3 Å². The highest BCUT2D eigenvalue weighted by Crippen LogP contribution is 2.43. The van der Waals surface area contributed by atoms with E-state index in [0.29, 0.717) is 39.4 Å². The maximum atomic E-state index is 11.8. The predicted molar refractivity (Wildman–Crippen MR) is 501 cm³/mol. The Morgan fingerprint density at radius 1 is 0.271 bits per heavy atom. The van der Waals surface area contributed by atoms with Crippen molar-refractivity contribution in [3.63, 3.8) is 0 Å². The molecule has 4 aromatic carbocycles. The van der Waals surface area contributed by atoms with Crippen LogP contribution in [-0.4, -0.2) is 151 Å². The van der Waals surface area contributed by atoms with Crippen LogP contribution < -0.4 is 0 Å². The topological polar surface area (TPSA) is 320 Å². The number of hydrogen-bond donors (Lipinski definition) is 0. The fourth-order valence-corrected chi connectivity index (χ4v) is 18.5. The monoisotopic (exact) mass is 1790 g/mol. The predicted octanol–water partition coefficient (Wildman–Crippen LogP) is 19.7. The van der Waals surface area contributed by atoms with E-state index in [9.17, 15) is 33.7 Å². The highest BCUT2D eigenvalue weighted by atomic mass is 32.2. The standard InChI is InChI=1S/C26H26N4O2S.C25H24N4O3S.C25H24N4O2S.C24H22N4O2S/c1-18-6-5-9-24(28-18)26-23(17-30(29-26)21-7-3-4-8-21)20-14-15-27-25(16-20)19-10-12-22(13-11-19)33(2,31)32;1-17-4-3-5-23(27-17)25-22(15-29(28-25)20-11-13-32-16-20)19-10-12-26-24(14-19)18-6-8-21(9-7-18)33(2,30)31;1-17-5-3-8-23(27-17)25-22(16-29(28-25)20-6-4-7-20)19-13-14-26-24(15-19)18-9-11-21(12-10-18)32(2,30)31;1-16-4-3-5-22(26-16)24-21(15-28(27-24)19-8-9-19)18-12-13-25-23(14-18)17-6-10-20(11-7-17)31(2,29)30/h5-6,9-17,21H,3-4,7-8H2,1-2H3;3-10,12,14-15,20H,11,13,16H2,1-2H3;3,5,8-16,20H,4,6-7H2,1-2H3;3-7,10-15,19H,8-9H2,1-2H3/t;20-;;/m.0../s1. The van der Waals surface area contributed by atoms with Crippen molar-refractivity contribution in [3.8, 4) is 135 Å². The average molecular weight is 1790 g/mol. The van der Waals surface area contributed by atoms with Gasteiger partial charge in [0, 0.05) is 148 Å². The second-order valence-corrected chi connectivity index (χ2v) is 41.4. The van der Waals surface area contributed by atoms with Gasteiger partial charge in [0.05, 0.1) is 95.9 Å². The summed E-state index contributed by atoms with van der Waals surface area (Å²) in [6, 6.07) is 68.7. The molecule has 13 heterocycles. The Bertz CT molecular complexity index is 7090. The quantitative estimate of drug-likeness (QED) is 0.0684. The molecular formula is C100H96N16O9S4. The SMILES string of the molecule is Cc1cccc(-c2nn(C3CC3)cc2-c2ccnc(-c3ccc(S(C)(=O)=O)cc3)c2)n1.Cc1cccc(-c2nn(C3CCC3)cc2-c2ccnc(-c3ccc(S(C)(=O)=O)cc3)c2)n1.Cc1cccc(-c2nn(C3CCCC3)cc2-c2ccnc(-c3ccc(S(C)(=O)=O)cc3)c2)n1.Cc1cccc(-c2nn([C@H]3CCOC3)cc2-c2ccnc(-c3ccc(S(C)(=O)=O)cc3)c2)n1. The minimum atomic E-state index is -3.25. The van der Waals surface area contributed by atoms with Gasteiger partial charge >= 0.3 is 0 Å². The third-order valence-corrected chi connectivity index (χ3v) is 27.9. The number of nitrogens with zero attached hydrogens (tertiary/aromatic N) is 16. The number of pyridine rings is 8. The first-order valence-electron chi connectivity index (χ1n) is 42.8. The van der Waals surface area contributed by atoms with Gasteiger partial charge in [-0.25, -0.2) is 33.7 Å². The highest BCUT2D eigenvalue weighted by Gasteiger charge is 2.30. The molecule has 4 aliphatic rings. The van der Waals surface area contributed by atoms with Crippen molar-refractivity contribution in [3.05, 3.63) is 291 Å². The molecule has 0 spiro atoms. The third kappa shape index (κ3) is 20.6. The Morgan fingerprint density at radius 2 is 0.519 bits per heavy atom. The third-order valence-electron chi connectivity index (χ3n) is 23.4. The molecule has 12 aromatic heterocycles. The van der Waals surface area contributed by atoms with Gasteiger partial charge in [-0.05, 0) is 247 Å². The van der Waals surface area contributed by atoms with Crippen LogP contribution in [0, 0.1) is 27.7 Å². The van der Waals surface area contributed by atoms with Gasteiger partial charge in [-0.1, -0.05) is 85.6 Å². The van der Waals surface area contributed by atoms with Crippen molar-refractivity contribution >= 4 is 39.3 Å². The van der Waals surface area contributed by atoms with E-state index in [0.717, 1.165) is 209 Å². The summed E-state index contributed by atoms with van der Waals surface area (Å²) in [7, 11) is -12.9. The lowest BCUT2D eigenvalue weighted by Gasteiger charge is -2.25. The molecule has 16 aromatic rings. The van der Waals surface area contributed by atoms with Crippen molar-refractivity contribution in [2.45, 2.75) is 136 Å². The van der Waals surface area contributed by atoms with E-state index >= 15 is 0 Å².